The Balaban J connectivity index is 3.15. The van der Waals surface area contributed by atoms with E-state index in [1.165, 1.54) is 6.26 Å². The third-order valence-corrected chi connectivity index (χ3v) is 1.99. The molecule has 0 aliphatic rings. The molecule has 1 aromatic rings. The summed E-state index contributed by atoms with van der Waals surface area (Å²) in [5.74, 6) is -0.994. The Morgan fingerprint density at radius 3 is 2.82 bits per heavy atom. The van der Waals surface area contributed by atoms with E-state index in [1.807, 2.05) is 6.92 Å². The Bertz CT molecular complexity index is 277. The highest BCUT2D eigenvalue weighted by Gasteiger charge is 2.15. The van der Waals surface area contributed by atoms with Crippen LogP contribution in [0.25, 0.3) is 0 Å². The number of aromatic carboxylic acids is 1. The number of carboxylic acid groups (broad SMARTS) is 1. The van der Waals surface area contributed by atoms with Crippen LogP contribution in [0.4, 0.5) is 0 Å². The quantitative estimate of drug-likeness (QED) is 0.775. The summed E-state index contributed by atoms with van der Waals surface area (Å²) in [6, 6.07) is 0. The minimum absolute atomic E-state index is 0.0272. The normalized spacial score (nSPS) is 10.0. The topological polar surface area (TPSA) is 50.4 Å². The van der Waals surface area contributed by atoms with Gasteiger partial charge in [-0.25, -0.2) is 4.79 Å². The molecular formula is C7H7BrO3. The third-order valence-electron chi connectivity index (χ3n) is 1.43. The Labute approximate surface area is 72.1 Å². The molecule has 0 spiro atoms. The number of carbonyl (C=O) groups is 1. The number of aryl methyl sites for hydroxylation is 1. The molecule has 3 nitrogen and oxygen atoms in total. The number of alkyl halides is 1. The zero-order chi connectivity index (χ0) is 8.43. The van der Waals surface area contributed by atoms with Crippen molar-refractivity contribution >= 4 is 21.9 Å². The van der Waals surface area contributed by atoms with Gasteiger partial charge < -0.3 is 9.52 Å². The first-order valence-electron chi connectivity index (χ1n) is 3.03. The molecule has 1 N–H and O–H groups in total. The number of carboxylic acids is 1. The third kappa shape index (κ3) is 1.45. The average Bonchev–Trinajstić information content (AvgIpc) is 2.30. The minimum Gasteiger partial charge on any atom is -0.475 e. The van der Waals surface area contributed by atoms with Gasteiger partial charge in [0.1, 0.15) is 0 Å². The molecule has 1 heterocycles. The average molecular weight is 219 g/mol. The van der Waals surface area contributed by atoms with Crippen LogP contribution in [0.3, 0.4) is 0 Å². The minimum atomic E-state index is -1.02. The smallest absolute Gasteiger partial charge is 0.372 e. The number of hydrogen-bond donors (Lipinski definition) is 1. The highest BCUT2D eigenvalue weighted by Crippen LogP contribution is 2.19. The van der Waals surface area contributed by atoms with E-state index in [0.717, 1.165) is 5.56 Å². The molecule has 0 fully saturated rings. The lowest BCUT2D eigenvalue weighted by molar-refractivity contribution is 0.0661. The van der Waals surface area contributed by atoms with Crippen LogP contribution in [0, 0.1) is 6.92 Å². The molecule has 0 saturated heterocycles. The summed E-state index contributed by atoms with van der Waals surface area (Å²) in [4.78, 5) is 10.5. The lowest BCUT2D eigenvalue weighted by Gasteiger charge is -1.92. The highest BCUT2D eigenvalue weighted by atomic mass is 79.9. The summed E-state index contributed by atoms with van der Waals surface area (Å²) >= 11 is 3.18. The second-order valence-corrected chi connectivity index (χ2v) is 2.73. The van der Waals surface area contributed by atoms with E-state index in [2.05, 4.69) is 15.9 Å². The van der Waals surface area contributed by atoms with Gasteiger partial charge in [-0.15, -0.1) is 0 Å². The van der Waals surface area contributed by atoms with Gasteiger partial charge in [-0.1, -0.05) is 15.9 Å². The largest absolute Gasteiger partial charge is 0.475 e. The Morgan fingerprint density at radius 2 is 2.45 bits per heavy atom. The van der Waals surface area contributed by atoms with Gasteiger partial charge in [0.25, 0.3) is 0 Å². The van der Waals surface area contributed by atoms with Gasteiger partial charge in [-0.05, 0) is 12.5 Å². The first kappa shape index (κ1) is 8.33. The molecule has 0 saturated carbocycles. The summed E-state index contributed by atoms with van der Waals surface area (Å²) in [6.45, 7) is 1.81. The maximum absolute atomic E-state index is 10.5. The molecule has 0 aromatic carbocycles. The molecular weight excluding hydrogens is 212 g/mol. The SMILES string of the molecule is Cc1coc(C(=O)O)c1CBr. The molecule has 0 aliphatic carbocycles. The first-order chi connectivity index (χ1) is 5.16. The molecule has 0 amide bonds. The summed E-state index contributed by atoms with van der Waals surface area (Å²) in [5, 5.41) is 9.11. The standard InChI is InChI=1S/C7H7BrO3/c1-4-3-11-6(7(9)10)5(4)2-8/h3H,2H2,1H3,(H,9,10). The van der Waals surface area contributed by atoms with E-state index in [9.17, 15) is 4.79 Å². The molecule has 0 bridgehead atoms. The number of furan rings is 1. The highest BCUT2D eigenvalue weighted by molar-refractivity contribution is 9.08. The van der Waals surface area contributed by atoms with E-state index >= 15 is 0 Å². The Kier molecular flexibility index (Phi) is 2.34. The van der Waals surface area contributed by atoms with Crippen molar-refractivity contribution in [1.29, 1.82) is 0 Å². The van der Waals surface area contributed by atoms with Gasteiger partial charge in [0.05, 0.1) is 6.26 Å². The second-order valence-electron chi connectivity index (χ2n) is 2.17. The van der Waals surface area contributed by atoms with Crippen molar-refractivity contribution in [3.8, 4) is 0 Å². The van der Waals surface area contributed by atoms with Crippen molar-refractivity contribution in [3.05, 3.63) is 23.2 Å². The van der Waals surface area contributed by atoms with Crippen molar-refractivity contribution in [3.63, 3.8) is 0 Å². The van der Waals surface area contributed by atoms with Crippen LogP contribution in [0.2, 0.25) is 0 Å². The van der Waals surface area contributed by atoms with E-state index in [-0.39, 0.29) is 5.76 Å². The Morgan fingerprint density at radius 1 is 1.82 bits per heavy atom. The first-order valence-corrected chi connectivity index (χ1v) is 4.15. The summed E-state index contributed by atoms with van der Waals surface area (Å²) in [5.41, 5.74) is 1.57. The number of rotatable bonds is 2. The van der Waals surface area contributed by atoms with Crippen molar-refractivity contribution in [1.82, 2.24) is 0 Å². The maximum Gasteiger partial charge on any atom is 0.372 e. The van der Waals surface area contributed by atoms with E-state index in [1.54, 1.807) is 0 Å². The van der Waals surface area contributed by atoms with E-state index < -0.39 is 5.97 Å². The zero-order valence-electron chi connectivity index (χ0n) is 5.93. The van der Waals surface area contributed by atoms with Crippen LogP contribution >= 0.6 is 15.9 Å². The number of halogens is 1. The van der Waals surface area contributed by atoms with Crippen molar-refractivity contribution in [2.24, 2.45) is 0 Å². The van der Waals surface area contributed by atoms with Crippen molar-refractivity contribution in [2.45, 2.75) is 12.3 Å². The van der Waals surface area contributed by atoms with Crippen LogP contribution < -0.4 is 0 Å². The van der Waals surface area contributed by atoms with Gasteiger partial charge in [0.15, 0.2) is 0 Å². The lowest BCUT2D eigenvalue weighted by Crippen LogP contribution is -1.97. The van der Waals surface area contributed by atoms with Crippen molar-refractivity contribution in [2.75, 3.05) is 0 Å². The fraction of sp³-hybridized carbons (Fsp3) is 0.286. The second kappa shape index (κ2) is 3.09. The molecule has 0 aliphatic heterocycles. The molecule has 1 rings (SSSR count). The zero-order valence-corrected chi connectivity index (χ0v) is 7.51. The lowest BCUT2D eigenvalue weighted by atomic mass is 10.2. The predicted molar refractivity (Wildman–Crippen MR) is 43.0 cm³/mol. The van der Waals surface area contributed by atoms with E-state index in [0.29, 0.717) is 10.9 Å². The molecule has 11 heavy (non-hydrogen) atoms. The molecule has 0 unspecified atom stereocenters. The number of hydrogen-bond acceptors (Lipinski definition) is 2. The van der Waals surface area contributed by atoms with Crippen LogP contribution in [-0.4, -0.2) is 11.1 Å². The summed E-state index contributed by atoms with van der Waals surface area (Å²) in [7, 11) is 0. The van der Waals surface area contributed by atoms with Crippen molar-refractivity contribution < 1.29 is 14.3 Å². The fourth-order valence-corrected chi connectivity index (χ4v) is 1.51. The molecule has 60 valence electrons. The monoisotopic (exact) mass is 218 g/mol. The van der Waals surface area contributed by atoms with Crippen LogP contribution in [0.15, 0.2) is 10.7 Å². The predicted octanol–water partition coefficient (Wildman–Crippen LogP) is 2.18. The van der Waals surface area contributed by atoms with E-state index in [4.69, 9.17) is 9.52 Å². The Hall–Kier alpha value is -0.770. The molecule has 4 heteroatoms. The van der Waals surface area contributed by atoms with Crippen LogP contribution in [-0.2, 0) is 5.33 Å². The van der Waals surface area contributed by atoms with Gasteiger partial charge in [0, 0.05) is 10.9 Å². The summed E-state index contributed by atoms with van der Waals surface area (Å²) in [6.07, 6.45) is 1.44. The van der Waals surface area contributed by atoms with Gasteiger partial charge >= 0.3 is 5.97 Å². The van der Waals surface area contributed by atoms with Gasteiger partial charge in [0.2, 0.25) is 5.76 Å². The van der Waals surface area contributed by atoms with Gasteiger partial charge in [-0.3, -0.25) is 0 Å². The van der Waals surface area contributed by atoms with Crippen LogP contribution in [0.1, 0.15) is 21.7 Å². The fourth-order valence-electron chi connectivity index (χ4n) is 0.814. The summed E-state index contributed by atoms with van der Waals surface area (Å²) < 4.78 is 4.82. The van der Waals surface area contributed by atoms with Crippen LogP contribution in [0.5, 0.6) is 0 Å². The van der Waals surface area contributed by atoms with Gasteiger partial charge in [-0.2, -0.15) is 0 Å². The maximum atomic E-state index is 10.5. The molecule has 0 atom stereocenters. The molecule has 1 aromatic heterocycles. The molecule has 0 radical (unpaired) electrons.